The normalized spacial score (nSPS) is 10.4. The lowest BCUT2D eigenvalue weighted by molar-refractivity contribution is 0.295. The zero-order valence-corrected chi connectivity index (χ0v) is 11.2. The summed E-state index contributed by atoms with van der Waals surface area (Å²) < 4.78 is 7.72. The van der Waals surface area contributed by atoms with E-state index in [-0.39, 0.29) is 5.43 Å². The lowest BCUT2D eigenvalue weighted by Crippen LogP contribution is -2.16. The molecule has 0 saturated carbocycles. The van der Waals surface area contributed by atoms with E-state index in [0.29, 0.717) is 18.8 Å². The van der Waals surface area contributed by atoms with Crippen molar-refractivity contribution < 1.29 is 4.74 Å². The van der Waals surface area contributed by atoms with Crippen LogP contribution in [-0.4, -0.2) is 11.2 Å². The van der Waals surface area contributed by atoms with Gasteiger partial charge in [-0.05, 0) is 26.0 Å². The lowest BCUT2D eigenvalue weighted by Gasteiger charge is -2.14. The van der Waals surface area contributed by atoms with Crippen molar-refractivity contribution in [1.82, 2.24) is 4.57 Å². The van der Waals surface area contributed by atoms with Crippen molar-refractivity contribution in [3.63, 3.8) is 0 Å². The van der Waals surface area contributed by atoms with E-state index in [9.17, 15) is 4.79 Å². The first-order valence-electron chi connectivity index (χ1n) is 6.23. The lowest BCUT2D eigenvalue weighted by atomic mass is 10.3. The smallest absolute Gasteiger partial charge is 0.182 e. The van der Waals surface area contributed by atoms with Gasteiger partial charge in [-0.15, -0.1) is 0 Å². The third kappa shape index (κ3) is 3.37. The van der Waals surface area contributed by atoms with E-state index >= 15 is 0 Å². The van der Waals surface area contributed by atoms with Crippen LogP contribution in [0.15, 0.2) is 41.2 Å². The molecule has 0 spiro atoms. The summed E-state index contributed by atoms with van der Waals surface area (Å²) in [7, 11) is 0. The number of pyridine rings is 1. The van der Waals surface area contributed by atoms with Gasteiger partial charge in [0.2, 0.25) is 0 Å². The minimum atomic E-state index is 0.0444. The molecule has 0 radical (unpaired) electrons. The maximum Gasteiger partial charge on any atom is 0.182 e. The molecule has 4 nitrogen and oxygen atoms in total. The van der Waals surface area contributed by atoms with Crippen molar-refractivity contribution in [1.29, 1.82) is 0 Å². The van der Waals surface area contributed by atoms with E-state index in [1.807, 2.05) is 32.0 Å². The molecule has 0 saturated heterocycles. The van der Waals surface area contributed by atoms with Gasteiger partial charge in [-0.2, -0.15) is 0 Å². The van der Waals surface area contributed by atoms with Crippen LogP contribution in [0.2, 0.25) is 0 Å². The predicted octanol–water partition coefficient (Wildman–Crippen LogP) is 2.13. The number of aryl methyl sites for hydroxylation is 2. The molecule has 2 aromatic rings. The molecule has 0 aliphatic rings. The monoisotopic (exact) mass is 258 g/mol. The van der Waals surface area contributed by atoms with Crippen molar-refractivity contribution in [3.8, 4) is 5.75 Å². The molecule has 1 aromatic carbocycles. The number of aromatic nitrogens is 1. The van der Waals surface area contributed by atoms with Gasteiger partial charge < -0.3 is 15.0 Å². The van der Waals surface area contributed by atoms with Crippen LogP contribution in [0.1, 0.15) is 11.4 Å². The number of hydrogen-bond donors (Lipinski definition) is 1. The quantitative estimate of drug-likeness (QED) is 0.855. The summed E-state index contributed by atoms with van der Waals surface area (Å²) in [5, 5.41) is 0. The van der Waals surface area contributed by atoms with Crippen molar-refractivity contribution >= 4 is 5.69 Å². The highest BCUT2D eigenvalue weighted by atomic mass is 16.5. The number of anilines is 1. The molecule has 2 N–H and O–H groups in total. The highest BCUT2D eigenvalue weighted by molar-refractivity contribution is 5.43. The molecule has 0 aliphatic heterocycles. The summed E-state index contributed by atoms with van der Waals surface area (Å²) in [5.41, 5.74) is 8.31. The second-order valence-corrected chi connectivity index (χ2v) is 4.55. The Kier molecular flexibility index (Phi) is 3.90. The topological polar surface area (TPSA) is 57.2 Å². The first kappa shape index (κ1) is 13.2. The van der Waals surface area contributed by atoms with E-state index < -0.39 is 0 Å². The maximum absolute atomic E-state index is 11.3. The number of nitrogens with two attached hydrogens (primary N) is 1. The molecule has 1 heterocycles. The molecule has 0 amide bonds. The number of nitrogens with zero attached hydrogens (tertiary/aromatic N) is 1. The number of rotatable bonds is 4. The zero-order chi connectivity index (χ0) is 13.8. The molecular weight excluding hydrogens is 240 g/mol. The largest absolute Gasteiger partial charge is 0.492 e. The Hall–Kier alpha value is -2.23. The van der Waals surface area contributed by atoms with Gasteiger partial charge in [0.1, 0.15) is 12.4 Å². The maximum atomic E-state index is 11.3. The average molecular weight is 258 g/mol. The van der Waals surface area contributed by atoms with E-state index in [2.05, 4.69) is 4.57 Å². The van der Waals surface area contributed by atoms with E-state index in [1.54, 1.807) is 18.2 Å². The molecule has 0 unspecified atom stereocenters. The van der Waals surface area contributed by atoms with E-state index in [0.717, 1.165) is 17.1 Å². The Morgan fingerprint density at radius 1 is 1.16 bits per heavy atom. The molecule has 2 rings (SSSR count). The molecule has 0 fully saturated rings. The Balaban J connectivity index is 2.02. The van der Waals surface area contributed by atoms with Gasteiger partial charge in [0.15, 0.2) is 5.43 Å². The average Bonchev–Trinajstić information content (AvgIpc) is 2.32. The summed E-state index contributed by atoms with van der Waals surface area (Å²) in [6.07, 6.45) is 0. The minimum Gasteiger partial charge on any atom is -0.492 e. The van der Waals surface area contributed by atoms with Crippen LogP contribution in [0.4, 0.5) is 5.69 Å². The molecule has 0 aliphatic carbocycles. The van der Waals surface area contributed by atoms with Crippen molar-refractivity contribution in [2.45, 2.75) is 20.4 Å². The van der Waals surface area contributed by atoms with Crippen molar-refractivity contribution in [3.05, 3.63) is 58.0 Å². The predicted molar refractivity (Wildman–Crippen MR) is 76.5 cm³/mol. The van der Waals surface area contributed by atoms with Gasteiger partial charge in [0.25, 0.3) is 0 Å². The molecule has 1 aromatic heterocycles. The summed E-state index contributed by atoms with van der Waals surface area (Å²) in [5.74, 6) is 0.761. The molecule has 0 atom stereocenters. The van der Waals surface area contributed by atoms with Crippen LogP contribution in [0, 0.1) is 13.8 Å². The van der Waals surface area contributed by atoms with Crippen LogP contribution in [0.5, 0.6) is 5.75 Å². The molecule has 19 heavy (non-hydrogen) atoms. The van der Waals surface area contributed by atoms with Crippen molar-refractivity contribution in [2.24, 2.45) is 0 Å². The van der Waals surface area contributed by atoms with Crippen LogP contribution >= 0.6 is 0 Å². The molecular formula is C15H18N2O2. The third-order valence-electron chi connectivity index (χ3n) is 3.00. The van der Waals surface area contributed by atoms with E-state index in [4.69, 9.17) is 10.5 Å². The number of hydrogen-bond acceptors (Lipinski definition) is 3. The Labute approximate surface area is 112 Å². The summed E-state index contributed by atoms with van der Waals surface area (Å²) in [6, 6.07) is 10.6. The second-order valence-electron chi connectivity index (χ2n) is 4.55. The molecule has 0 bridgehead atoms. The highest BCUT2D eigenvalue weighted by Crippen LogP contribution is 2.14. The zero-order valence-electron chi connectivity index (χ0n) is 11.2. The second kappa shape index (κ2) is 5.61. The van der Waals surface area contributed by atoms with Gasteiger partial charge in [0, 0.05) is 35.3 Å². The number of nitrogen functional groups attached to an aromatic ring is 1. The van der Waals surface area contributed by atoms with Crippen LogP contribution in [-0.2, 0) is 6.54 Å². The Morgan fingerprint density at radius 2 is 1.84 bits per heavy atom. The molecule has 100 valence electrons. The van der Waals surface area contributed by atoms with Crippen LogP contribution in [0.25, 0.3) is 0 Å². The fraction of sp³-hybridized carbons (Fsp3) is 0.267. The van der Waals surface area contributed by atoms with Crippen LogP contribution < -0.4 is 15.9 Å². The number of ether oxygens (including phenoxy) is 1. The Bertz CT molecular complexity index is 606. The third-order valence-corrected chi connectivity index (χ3v) is 3.00. The SMILES string of the molecule is Cc1cc(=O)cc(C)n1CCOc1cccc(N)c1. The first-order chi connectivity index (χ1) is 9.06. The standard InChI is InChI=1S/C15H18N2O2/c1-11-8-14(18)9-12(2)17(11)6-7-19-15-5-3-4-13(16)10-15/h3-5,8-10H,6-7,16H2,1-2H3. The summed E-state index contributed by atoms with van der Waals surface area (Å²) >= 11 is 0. The summed E-state index contributed by atoms with van der Waals surface area (Å²) in [4.78, 5) is 11.3. The van der Waals surface area contributed by atoms with Gasteiger partial charge in [-0.25, -0.2) is 0 Å². The van der Waals surface area contributed by atoms with Gasteiger partial charge >= 0.3 is 0 Å². The van der Waals surface area contributed by atoms with Gasteiger partial charge in [-0.1, -0.05) is 6.07 Å². The Morgan fingerprint density at radius 3 is 2.47 bits per heavy atom. The van der Waals surface area contributed by atoms with Gasteiger partial charge in [-0.3, -0.25) is 4.79 Å². The van der Waals surface area contributed by atoms with E-state index in [1.165, 1.54) is 0 Å². The highest BCUT2D eigenvalue weighted by Gasteiger charge is 2.02. The van der Waals surface area contributed by atoms with Crippen LogP contribution in [0.3, 0.4) is 0 Å². The first-order valence-corrected chi connectivity index (χ1v) is 6.23. The van der Waals surface area contributed by atoms with Gasteiger partial charge in [0.05, 0.1) is 6.54 Å². The minimum absolute atomic E-state index is 0.0444. The molecule has 4 heteroatoms. The summed E-state index contributed by atoms with van der Waals surface area (Å²) in [6.45, 7) is 5.09. The van der Waals surface area contributed by atoms with Crippen molar-refractivity contribution in [2.75, 3.05) is 12.3 Å². The fourth-order valence-electron chi connectivity index (χ4n) is 2.10. The fourth-order valence-corrected chi connectivity index (χ4v) is 2.10. The number of benzene rings is 1.